The zero-order valence-corrected chi connectivity index (χ0v) is 45.9. The van der Waals surface area contributed by atoms with Crippen LogP contribution in [0.5, 0.6) is 0 Å². The first-order chi connectivity index (χ1) is 34.3. The van der Waals surface area contributed by atoms with Gasteiger partial charge in [-0.15, -0.1) is 0 Å². The number of rotatable bonds is 21. The maximum Gasteiger partial charge on any atom is 0.305 e. The molecule has 0 saturated carbocycles. The minimum atomic E-state index is -1.20. The summed E-state index contributed by atoms with van der Waals surface area (Å²) in [4.78, 5) is 110. The van der Waals surface area contributed by atoms with E-state index in [-0.39, 0.29) is 82.5 Å². The van der Waals surface area contributed by atoms with Crippen LogP contribution in [0.2, 0.25) is 0 Å². The zero-order valence-electron chi connectivity index (χ0n) is 45.9. The van der Waals surface area contributed by atoms with Crippen molar-refractivity contribution in [3.8, 4) is 0 Å². The summed E-state index contributed by atoms with van der Waals surface area (Å²) in [6.07, 6.45) is 4.34. The van der Waals surface area contributed by atoms with Crippen LogP contribution in [-0.4, -0.2) is 120 Å². The smallest absolute Gasteiger partial charge is 0.305 e. The molecule has 5 aliphatic rings. The van der Waals surface area contributed by atoms with E-state index in [1.165, 1.54) is 49.8 Å². The van der Waals surface area contributed by atoms with Gasteiger partial charge in [0.05, 0.1) is 61.3 Å². The standard InChI is InChI=1S/C55H80N4O14/c1-31-46-34(17-21-40(61)68-10)51(3,4)38(57-46)30-37-33(16-20-39(60)67-9)52(5,27-24-43(64)71-13)48(56-37)32(2)47-35(18-22-41(62)69-11)54(7,29-26-45(66)73-15)55(8,59-47)50-36(19-23-42(63)70-12)53(6,49(31)58-50)28-25-44(65)72-14/h30,33-36,50,56H,16-29H2,1-15H3/b37-30-,46-31-,48-32-/t33-,34-,35-,36+,50+,52+,53-,54+,55+/m1/s1. The molecular weight excluding hydrogens is 941 g/mol. The molecule has 5 heterocycles. The average molecular weight is 1020 g/mol. The van der Waals surface area contributed by atoms with Gasteiger partial charge in [-0.3, -0.25) is 48.5 Å². The fourth-order valence-electron chi connectivity index (χ4n) is 13.0. The molecule has 0 aromatic carbocycles. The van der Waals surface area contributed by atoms with E-state index in [0.29, 0.717) is 42.1 Å². The van der Waals surface area contributed by atoms with Crippen LogP contribution in [0, 0.1) is 45.3 Å². The number of fused-ring (bicyclic) bond motifs is 6. The topological polar surface area (TPSA) is 233 Å². The number of hydrogen-bond acceptors (Lipinski definition) is 18. The van der Waals surface area contributed by atoms with Gasteiger partial charge >= 0.3 is 41.8 Å². The molecule has 0 amide bonds. The van der Waals surface area contributed by atoms with Crippen LogP contribution in [-0.2, 0) is 66.7 Å². The fourth-order valence-corrected chi connectivity index (χ4v) is 13.0. The summed E-state index contributed by atoms with van der Waals surface area (Å²) in [7, 11) is 9.42. The highest BCUT2D eigenvalue weighted by Crippen LogP contribution is 2.63. The summed E-state index contributed by atoms with van der Waals surface area (Å²) in [6, 6.07) is -0.718. The predicted molar refractivity (Wildman–Crippen MR) is 272 cm³/mol. The summed E-state index contributed by atoms with van der Waals surface area (Å²) < 4.78 is 36.5. The molecule has 9 atom stereocenters. The predicted octanol–water partition coefficient (Wildman–Crippen LogP) is 7.71. The van der Waals surface area contributed by atoms with Crippen molar-refractivity contribution in [3.63, 3.8) is 0 Å². The van der Waals surface area contributed by atoms with Crippen molar-refractivity contribution in [2.24, 2.45) is 60.3 Å². The van der Waals surface area contributed by atoms with Gasteiger partial charge < -0.3 is 38.5 Å². The lowest BCUT2D eigenvalue weighted by molar-refractivity contribution is -0.143. The third-order valence-corrected chi connectivity index (χ3v) is 17.8. The quantitative estimate of drug-likeness (QED) is 0.0857. The summed E-state index contributed by atoms with van der Waals surface area (Å²) in [6.45, 7) is 16.4. The van der Waals surface area contributed by atoms with Crippen LogP contribution in [0.1, 0.15) is 145 Å². The Morgan fingerprint density at radius 3 is 1.45 bits per heavy atom. The molecule has 18 heteroatoms. The van der Waals surface area contributed by atoms with Crippen molar-refractivity contribution < 1.29 is 66.7 Å². The fraction of sp³-hybridized carbons (Fsp3) is 0.709. The van der Waals surface area contributed by atoms with E-state index in [1.807, 2.05) is 26.8 Å². The van der Waals surface area contributed by atoms with Gasteiger partial charge in [-0.2, -0.15) is 0 Å². The monoisotopic (exact) mass is 1020 g/mol. The van der Waals surface area contributed by atoms with Crippen molar-refractivity contribution >= 4 is 58.9 Å². The van der Waals surface area contributed by atoms with Gasteiger partial charge in [-0.1, -0.05) is 34.6 Å². The summed E-state index contributed by atoms with van der Waals surface area (Å²) >= 11 is 0. The normalized spacial score (nSPS) is 32.6. The van der Waals surface area contributed by atoms with Gasteiger partial charge in [0, 0.05) is 119 Å². The Balaban J connectivity index is 2.03. The third kappa shape index (κ3) is 11.2. The molecule has 0 aromatic heterocycles. The molecule has 0 aromatic rings. The SMILES string of the molecule is COC(=O)CC[C@@H]1/C2=C(\C)C3=N[C@@H]([C@H](CCC(=O)OC)[C@@]3(C)CCC(=O)OC)[C@]3(C)N=C(/C(C)=C4\N/C(=C\C(=N2)C1(C)C)[C@@H](CCC(=O)OC)[C@]4(C)CCC(=O)OC)[C@@H](CCC(=O)OC)[C@]3(C)CCC(=O)OC. The maximum atomic E-state index is 13.4. The van der Waals surface area contributed by atoms with Gasteiger partial charge in [0.15, 0.2) is 0 Å². The molecule has 0 spiro atoms. The largest absolute Gasteiger partial charge is 0.469 e. The maximum absolute atomic E-state index is 13.4. The van der Waals surface area contributed by atoms with Crippen LogP contribution in [0.3, 0.4) is 0 Å². The minimum absolute atomic E-state index is 0.000566. The molecule has 8 bridgehead atoms. The van der Waals surface area contributed by atoms with Crippen molar-refractivity contribution in [1.82, 2.24) is 5.32 Å². The first-order valence-corrected chi connectivity index (χ1v) is 25.5. The highest BCUT2D eigenvalue weighted by molar-refractivity contribution is 6.10. The average Bonchev–Trinajstić information content (AvgIpc) is 4.00. The van der Waals surface area contributed by atoms with Crippen molar-refractivity contribution in [2.75, 3.05) is 49.8 Å². The van der Waals surface area contributed by atoms with Crippen LogP contribution >= 0.6 is 0 Å². The van der Waals surface area contributed by atoms with Crippen molar-refractivity contribution in [1.29, 1.82) is 0 Å². The second kappa shape index (κ2) is 23.3. The number of ether oxygens (including phenoxy) is 7. The molecule has 0 unspecified atom stereocenters. The molecule has 73 heavy (non-hydrogen) atoms. The Morgan fingerprint density at radius 1 is 0.534 bits per heavy atom. The lowest BCUT2D eigenvalue weighted by Crippen LogP contribution is -2.54. The molecule has 5 rings (SSSR count). The molecule has 0 aliphatic carbocycles. The number of methoxy groups -OCH3 is 7. The zero-order chi connectivity index (χ0) is 54.4. The molecule has 1 fully saturated rings. The van der Waals surface area contributed by atoms with E-state index in [1.54, 1.807) is 0 Å². The number of nitrogens with one attached hydrogen (secondary N) is 1. The highest BCUT2D eigenvalue weighted by Gasteiger charge is 2.65. The summed E-state index contributed by atoms with van der Waals surface area (Å²) in [5.41, 5.74) is 1.06. The van der Waals surface area contributed by atoms with Crippen LogP contribution in [0.4, 0.5) is 0 Å². The number of aliphatic imine (C=N–C) groups is 3. The molecule has 1 N–H and O–H groups in total. The number of carbonyl (C=O) groups is 7. The third-order valence-electron chi connectivity index (χ3n) is 17.8. The number of esters is 7. The molecule has 18 nitrogen and oxygen atoms in total. The first-order valence-electron chi connectivity index (χ1n) is 25.5. The van der Waals surface area contributed by atoms with Crippen molar-refractivity contribution in [2.45, 2.75) is 157 Å². The van der Waals surface area contributed by atoms with E-state index >= 15 is 0 Å². The number of hydrogen-bond donors (Lipinski definition) is 1. The van der Waals surface area contributed by atoms with Crippen LogP contribution in [0.25, 0.3) is 0 Å². The van der Waals surface area contributed by atoms with E-state index in [2.05, 4.69) is 39.9 Å². The van der Waals surface area contributed by atoms with Gasteiger partial charge in [-0.25, -0.2) is 0 Å². The minimum Gasteiger partial charge on any atom is -0.469 e. The van der Waals surface area contributed by atoms with Gasteiger partial charge in [-0.05, 0) is 88.9 Å². The first kappa shape index (κ1) is 58.2. The van der Waals surface area contributed by atoms with E-state index in [4.69, 9.17) is 48.1 Å². The lowest BCUT2D eigenvalue weighted by atomic mass is 9.55. The molecular formula is C55H80N4O14. The van der Waals surface area contributed by atoms with E-state index in [9.17, 15) is 33.6 Å². The molecule has 1 saturated heterocycles. The van der Waals surface area contributed by atoms with Gasteiger partial charge in [0.1, 0.15) is 0 Å². The Morgan fingerprint density at radius 2 is 0.959 bits per heavy atom. The van der Waals surface area contributed by atoms with Crippen molar-refractivity contribution in [3.05, 3.63) is 34.3 Å². The number of carbonyl (C=O) groups excluding carboxylic acids is 7. The van der Waals surface area contributed by atoms with Gasteiger partial charge in [0.2, 0.25) is 0 Å². The Hall–Kier alpha value is -5.68. The lowest BCUT2D eigenvalue weighted by Gasteiger charge is -2.49. The number of nitrogens with zero attached hydrogens (tertiary/aromatic N) is 3. The summed E-state index contributed by atoms with van der Waals surface area (Å²) in [5.74, 6) is -4.67. The second-order valence-electron chi connectivity index (χ2n) is 21.7. The van der Waals surface area contributed by atoms with E-state index in [0.717, 1.165) is 22.5 Å². The molecule has 5 aliphatic heterocycles. The number of allylic oxidation sites excluding steroid dienone is 6. The molecule has 404 valence electrons. The highest BCUT2D eigenvalue weighted by atomic mass is 16.5. The summed E-state index contributed by atoms with van der Waals surface area (Å²) in [5, 5.41) is 3.84. The molecule has 0 radical (unpaired) electrons. The Bertz CT molecular complexity index is 2400. The van der Waals surface area contributed by atoms with Crippen LogP contribution < -0.4 is 5.32 Å². The Kier molecular flexibility index (Phi) is 18.5. The van der Waals surface area contributed by atoms with Gasteiger partial charge in [0.25, 0.3) is 0 Å². The second-order valence-corrected chi connectivity index (χ2v) is 21.7. The van der Waals surface area contributed by atoms with E-state index < -0.39 is 86.8 Å². The van der Waals surface area contributed by atoms with Crippen LogP contribution in [0.15, 0.2) is 49.3 Å². The Labute approximate surface area is 431 Å².